The number of carboxylic acid groups (broad SMARTS) is 1. The van der Waals surface area contributed by atoms with Crippen molar-refractivity contribution in [2.75, 3.05) is 13.6 Å². The summed E-state index contributed by atoms with van der Waals surface area (Å²) in [5.41, 5.74) is -0.205. The molecular weight excluding hydrogens is 457 g/mol. The lowest BCUT2D eigenvalue weighted by Gasteiger charge is -2.32. The highest BCUT2D eigenvalue weighted by atomic mass is 19.1. The molecule has 0 aromatic heterocycles. The van der Waals surface area contributed by atoms with Crippen molar-refractivity contribution in [3.8, 4) is 5.75 Å². The Morgan fingerprint density at radius 1 is 1.06 bits per heavy atom. The van der Waals surface area contributed by atoms with E-state index in [1.165, 1.54) is 53.7 Å². The van der Waals surface area contributed by atoms with Gasteiger partial charge in [0.05, 0.1) is 18.2 Å². The maximum absolute atomic E-state index is 13.1. The number of halogens is 1. The largest absolute Gasteiger partial charge is 0.497 e. The molecule has 9 nitrogen and oxygen atoms in total. The molecule has 0 saturated heterocycles. The van der Waals surface area contributed by atoms with Crippen LogP contribution < -0.4 is 14.3 Å². The fourth-order valence-corrected chi connectivity index (χ4v) is 3.34. The average Bonchev–Trinajstić information content (AvgIpc) is 3.22. The summed E-state index contributed by atoms with van der Waals surface area (Å²) in [6.45, 7) is 5.42. The number of nitrogens with zero attached hydrogens (tertiary/aromatic N) is 3. The van der Waals surface area contributed by atoms with Crippen molar-refractivity contribution in [3.63, 3.8) is 0 Å². The Labute approximate surface area is 202 Å². The molecule has 0 N–H and O–H groups in total. The van der Waals surface area contributed by atoms with Gasteiger partial charge in [-0.3, -0.25) is 0 Å². The molecule has 1 heterocycles. The van der Waals surface area contributed by atoms with E-state index >= 15 is 0 Å². The lowest BCUT2D eigenvalue weighted by Crippen LogP contribution is -2.59. The summed E-state index contributed by atoms with van der Waals surface area (Å²) in [6, 6.07) is 10.7. The molecule has 1 unspecified atom stereocenters. The van der Waals surface area contributed by atoms with Crippen molar-refractivity contribution >= 4 is 29.7 Å². The van der Waals surface area contributed by atoms with Gasteiger partial charge < -0.3 is 24.3 Å². The lowest BCUT2D eigenvalue weighted by molar-refractivity contribution is -0.257. The van der Waals surface area contributed by atoms with E-state index in [0.717, 1.165) is 12.1 Å². The van der Waals surface area contributed by atoms with Gasteiger partial charge in [0.1, 0.15) is 29.1 Å². The number of amidine groups is 1. The van der Waals surface area contributed by atoms with Gasteiger partial charge in [0, 0.05) is 25.7 Å². The summed E-state index contributed by atoms with van der Waals surface area (Å²) >= 11 is 0. The van der Waals surface area contributed by atoms with Crippen LogP contribution in [-0.2, 0) is 4.74 Å². The van der Waals surface area contributed by atoms with E-state index in [2.05, 4.69) is 4.99 Å². The molecule has 1 aliphatic rings. The zero-order chi connectivity index (χ0) is 25.8. The Morgan fingerprint density at radius 2 is 1.69 bits per heavy atom. The topological polar surface area (TPSA) is 108 Å². The Bertz CT molecular complexity index is 1170. The zero-order valence-corrected chi connectivity index (χ0v) is 19.9. The summed E-state index contributed by atoms with van der Waals surface area (Å²) in [5.74, 6) is -0.756. The van der Waals surface area contributed by atoms with Gasteiger partial charge in [0.25, 0.3) is 6.09 Å². The third kappa shape index (κ3) is 5.90. The highest BCUT2D eigenvalue weighted by Crippen LogP contribution is 2.31. The molecule has 10 heteroatoms. The quantitative estimate of drug-likeness (QED) is 0.351. The second-order valence-electron chi connectivity index (χ2n) is 8.87. The molecule has 1 atom stereocenters. The summed E-state index contributed by atoms with van der Waals surface area (Å²) in [6.07, 6.45) is 0.882. The van der Waals surface area contributed by atoms with Crippen LogP contribution in [0.15, 0.2) is 65.9 Å². The number of ether oxygens (including phenoxy) is 2. The molecule has 0 aliphatic carbocycles. The molecule has 184 valence electrons. The second kappa shape index (κ2) is 10.1. The number of hydrogen-bond donors (Lipinski definition) is 0. The number of carbonyl (C=O) groups excluding carboxylic acids is 3. The van der Waals surface area contributed by atoms with E-state index in [0.29, 0.717) is 5.69 Å². The Hall–Kier alpha value is -4.05. The Kier molecular flexibility index (Phi) is 7.35. The number of rotatable bonds is 6. The Balaban J connectivity index is 1.74. The fourth-order valence-electron chi connectivity index (χ4n) is 3.34. The van der Waals surface area contributed by atoms with Gasteiger partial charge in [-0.2, -0.15) is 4.48 Å². The van der Waals surface area contributed by atoms with Crippen LogP contribution >= 0.6 is 0 Å². The van der Waals surface area contributed by atoms with Crippen LogP contribution in [0.4, 0.5) is 19.7 Å². The van der Waals surface area contributed by atoms with E-state index in [1.807, 2.05) is 0 Å². The van der Waals surface area contributed by atoms with Crippen LogP contribution in [-0.4, -0.2) is 48.1 Å². The number of benzene rings is 2. The SMILES string of the molecule is CN(CCC1=NC=C[N+]1(C(=O)[O-])c1ccc(OC(=O)c2ccc(F)cc2)cc1)C(=O)OC(C)(C)C. The summed E-state index contributed by atoms with van der Waals surface area (Å²) in [4.78, 5) is 42.3. The number of carbonyl (C=O) groups is 3. The molecule has 1 aliphatic heterocycles. The lowest BCUT2D eigenvalue weighted by atomic mass is 10.2. The van der Waals surface area contributed by atoms with Crippen LogP contribution in [0.25, 0.3) is 0 Å². The van der Waals surface area contributed by atoms with E-state index in [9.17, 15) is 23.9 Å². The van der Waals surface area contributed by atoms with Crippen molar-refractivity contribution in [2.45, 2.75) is 32.8 Å². The third-order valence-corrected chi connectivity index (χ3v) is 5.12. The van der Waals surface area contributed by atoms with Crippen LogP contribution in [0.1, 0.15) is 37.6 Å². The van der Waals surface area contributed by atoms with E-state index in [1.54, 1.807) is 27.8 Å². The molecule has 2 amide bonds. The number of amides is 2. The molecule has 0 spiro atoms. The maximum atomic E-state index is 13.1. The molecule has 3 rings (SSSR count). The highest BCUT2D eigenvalue weighted by Gasteiger charge is 2.41. The molecule has 0 saturated carbocycles. The normalized spacial score (nSPS) is 17.0. The van der Waals surface area contributed by atoms with E-state index in [4.69, 9.17) is 9.47 Å². The fraction of sp³-hybridized carbons (Fsp3) is 0.280. The van der Waals surface area contributed by atoms with Crippen LogP contribution in [0, 0.1) is 5.82 Å². The van der Waals surface area contributed by atoms with Gasteiger partial charge in [0.2, 0.25) is 5.84 Å². The zero-order valence-electron chi connectivity index (χ0n) is 19.9. The molecule has 35 heavy (non-hydrogen) atoms. The second-order valence-corrected chi connectivity index (χ2v) is 8.87. The average molecular weight is 483 g/mol. The van der Waals surface area contributed by atoms with Gasteiger partial charge in [0.15, 0.2) is 0 Å². The van der Waals surface area contributed by atoms with Crippen molar-refractivity contribution in [2.24, 2.45) is 4.99 Å². The predicted octanol–water partition coefficient (Wildman–Crippen LogP) is 3.84. The van der Waals surface area contributed by atoms with Gasteiger partial charge >= 0.3 is 12.1 Å². The summed E-state index contributed by atoms with van der Waals surface area (Å²) in [5, 5.41) is 12.3. The maximum Gasteiger partial charge on any atom is 0.410 e. The number of aliphatic imine (C=N–C) groups is 1. The molecule has 2 aromatic rings. The first-order valence-corrected chi connectivity index (χ1v) is 10.8. The van der Waals surface area contributed by atoms with Crippen molar-refractivity contribution < 1.29 is 33.4 Å². The highest BCUT2D eigenvalue weighted by molar-refractivity contribution is 6.10. The van der Waals surface area contributed by atoms with E-state index in [-0.39, 0.29) is 30.1 Å². The smallest absolute Gasteiger partial charge is 0.410 e. The monoisotopic (exact) mass is 483 g/mol. The predicted molar refractivity (Wildman–Crippen MR) is 125 cm³/mol. The van der Waals surface area contributed by atoms with Crippen molar-refractivity contribution in [1.82, 2.24) is 9.38 Å². The molecule has 0 radical (unpaired) electrons. The molecule has 2 aromatic carbocycles. The minimum Gasteiger partial charge on any atom is -0.497 e. The van der Waals surface area contributed by atoms with Gasteiger partial charge in [-0.1, -0.05) is 0 Å². The van der Waals surface area contributed by atoms with Crippen molar-refractivity contribution in [3.05, 3.63) is 72.3 Å². The summed E-state index contributed by atoms with van der Waals surface area (Å²) < 4.78 is 22.9. The van der Waals surface area contributed by atoms with Crippen LogP contribution in [0.5, 0.6) is 5.75 Å². The van der Waals surface area contributed by atoms with Gasteiger partial charge in [-0.05, 0) is 57.2 Å². The molecule has 0 fully saturated rings. The number of esters is 1. The Morgan fingerprint density at radius 3 is 2.26 bits per heavy atom. The van der Waals surface area contributed by atoms with Crippen LogP contribution in [0.3, 0.4) is 0 Å². The molecule has 0 bridgehead atoms. The number of quaternary nitrogens is 1. The van der Waals surface area contributed by atoms with Crippen molar-refractivity contribution in [1.29, 1.82) is 0 Å². The first-order valence-electron chi connectivity index (χ1n) is 10.8. The minimum atomic E-state index is -1.44. The first-order chi connectivity index (χ1) is 16.4. The standard InChI is InChI=1S/C25H26FN3O6/c1-25(2,3)35-23(31)28(4)15-13-21-27-14-16-29(21,24(32)33)19-9-11-20(12-10-19)34-22(30)17-5-7-18(26)8-6-17/h5-12,14,16H,13,15H2,1-4H3. The summed E-state index contributed by atoms with van der Waals surface area (Å²) in [7, 11) is 1.55. The van der Waals surface area contributed by atoms with Crippen LogP contribution in [0.2, 0.25) is 0 Å². The number of hydrogen-bond acceptors (Lipinski definition) is 7. The van der Waals surface area contributed by atoms with Gasteiger partial charge in [-0.25, -0.2) is 19.0 Å². The van der Waals surface area contributed by atoms with E-state index < -0.39 is 34.1 Å². The van der Waals surface area contributed by atoms with Gasteiger partial charge in [-0.15, -0.1) is 0 Å². The first kappa shape index (κ1) is 25.6. The molecular formula is C25H26FN3O6. The minimum absolute atomic E-state index is 0.137. The third-order valence-electron chi connectivity index (χ3n) is 5.12.